The number of thiazole rings is 1. The van der Waals surface area contributed by atoms with Crippen molar-refractivity contribution < 1.29 is 18.0 Å². The van der Waals surface area contributed by atoms with E-state index in [9.17, 15) is 18.0 Å². The molecule has 0 fully saturated rings. The van der Waals surface area contributed by atoms with Gasteiger partial charge in [-0.3, -0.25) is 10.1 Å². The smallest absolute Gasteiger partial charge is 0.296 e. The molecule has 3 heterocycles. The van der Waals surface area contributed by atoms with Crippen LogP contribution < -0.4 is 5.32 Å². The molecule has 3 rings (SSSR count). The van der Waals surface area contributed by atoms with E-state index in [2.05, 4.69) is 19.7 Å². The molecule has 10 heteroatoms. The van der Waals surface area contributed by atoms with Gasteiger partial charge in [0.05, 0.1) is 10.9 Å². The lowest BCUT2D eigenvalue weighted by atomic mass is 10.3. The highest BCUT2D eigenvalue weighted by Crippen LogP contribution is 2.32. The molecule has 0 aromatic carbocycles. The van der Waals surface area contributed by atoms with E-state index in [1.807, 2.05) is 0 Å². The molecule has 0 atom stereocenters. The monoisotopic (exact) mass is 330 g/mol. The molecule has 0 radical (unpaired) electrons. The summed E-state index contributed by atoms with van der Waals surface area (Å²) >= 11 is 2.07. The van der Waals surface area contributed by atoms with Crippen molar-refractivity contribution in [1.29, 1.82) is 0 Å². The molecule has 0 unspecified atom stereocenters. The fourth-order valence-electron chi connectivity index (χ4n) is 1.53. The van der Waals surface area contributed by atoms with Gasteiger partial charge < -0.3 is 0 Å². The second-order valence-electron chi connectivity index (χ2n) is 3.89. The largest absolute Gasteiger partial charge is 0.433 e. The zero-order valence-electron chi connectivity index (χ0n) is 10.0. The molecule has 108 valence electrons. The Bertz CT molecular complexity index is 798. The van der Waals surface area contributed by atoms with Crippen LogP contribution in [0.15, 0.2) is 23.7 Å². The van der Waals surface area contributed by atoms with E-state index in [-0.39, 0.29) is 10.8 Å². The summed E-state index contributed by atoms with van der Waals surface area (Å²) in [5.41, 5.74) is -0.467. The average Bonchev–Trinajstić information content (AvgIpc) is 3.05. The van der Waals surface area contributed by atoms with E-state index >= 15 is 0 Å². The third-order valence-electron chi connectivity index (χ3n) is 2.46. The average molecular weight is 330 g/mol. The zero-order valence-corrected chi connectivity index (χ0v) is 11.6. The van der Waals surface area contributed by atoms with Gasteiger partial charge in [-0.2, -0.15) is 17.5 Å². The summed E-state index contributed by atoms with van der Waals surface area (Å²) in [7, 11) is 0. The number of carbonyl (C=O) groups is 1. The molecule has 0 aliphatic heterocycles. The van der Waals surface area contributed by atoms with Crippen LogP contribution in [0.25, 0.3) is 10.2 Å². The molecular weight excluding hydrogens is 325 g/mol. The quantitative estimate of drug-likeness (QED) is 0.782. The number of halogens is 3. The van der Waals surface area contributed by atoms with Gasteiger partial charge in [-0.25, -0.2) is 9.97 Å². The normalized spacial score (nSPS) is 11.8. The number of fused-ring (bicyclic) bond motifs is 1. The minimum absolute atomic E-state index is 0.198. The Balaban J connectivity index is 1.89. The number of pyridine rings is 1. The van der Waals surface area contributed by atoms with Crippen molar-refractivity contribution in [2.75, 3.05) is 5.32 Å². The van der Waals surface area contributed by atoms with Crippen LogP contribution in [0.1, 0.15) is 16.2 Å². The number of hydrogen-bond acceptors (Lipinski definition) is 6. The first kappa shape index (κ1) is 13.9. The molecule has 0 saturated carbocycles. The highest BCUT2D eigenvalue weighted by molar-refractivity contribution is 7.22. The van der Waals surface area contributed by atoms with E-state index in [0.717, 1.165) is 35.1 Å². The summed E-state index contributed by atoms with van der Waals surface area (Å²) < 4.78 is 41.8. The Morgan fingerprint density at radius 2 is 2.14 bits per heavy atom. The Morgan fingerprint density at radius 1 is 1.33 bits per heavy atom. The molecule has 1 N–H and O–H groups in total. The van der Waals surface area contributed by atoms with Crippen LogP contribution in [-0.4, -0.2) is 20.2 Å². The molecule has 0 bridgehead atoms. The maximum Gasteiger partial charge on any atom is 0.433 e. The van der Waals surface area contributed by atoms with Gasteiger partial charge in [0.2, 0.25) is 0 Å². The number of alkyl halides is 3. The molecule has 1 amide bonds. The summed E-state index contributed by atoms with van der Waals surface area (Å²) in [6.07, 6.45) is -3.48. The maximum absolute atomic E-state index is 12.6. The van der Waals surface area contributed by atoms with Crippen molar-refractivity contribution in [1.82, 2.24) is 14.3 Å². The predicted molar refractivity (Wildman–Crippen MR) is 72.5 cm³/mol. The van der Waals surface area contributed by atoms with E-state index in [4.69, 9.17) is 0 Å². The molecule has 0 aliphatic rings. The fourth-order valence-corrected chi connectivity index (χ4v) is 2.91. The number of nitrogens with one attached hydrogen (secondary N) is 1. The number of rotatable bonds is 2. The Hall–Kier alpha value is -2.07. The number of carbonyl (C=O) groups excluding carboxylic acids is 1. The molecule has 3 aromatic heterocycles. The lowest BCUT2D eigenvalue weighted by molar-refractivity contribution is -0.141. The maximum atomic E-state index is 12.6. The summed E-state index contributed by atoms with van der Waals surface area (Å²) in [5.74, 6) is -0.459. The Morgan fingerprint density at radius 3 is 2.81 bits per heavy atom. The highest BCUT2D eigenvalue weighted by Gasteiger charge is 2.32. The van der Waals surface area contributed by atoms with Crippen LogP contribution in [-0.2, 0) is 6.18 Å². The summed E-state index contributed by atoms with van der Waals surface area (Å²) in [5, 5.41) is 4.34. The summed E-state index contributed by atoms with van der Waals surface area (Å²) in [4.78, 5) is 19.1. The van der Waals surface area contributed by atoms with Crippen molar-refractivity contribution in [2.45, 2.75) is 6.18 Å². The first-order valence-electron chi connectivity index (χ1n) is 5.49. The number of amides is 1. The number of anilines is 1. The lowest BCUT2D eigenvalue weighted by Gasteiger charge is -2.03. The first-order chi connectivity index (χ1) is 9.93. The van der Waals surface area contributed by atoms with Crippen molar-refractivity contribution in [3.05, 3.63) is 35.1 Å². The van der Waals surface area contributed by atoms with Gasteiger partial charge in [-0.1, -0.05) is 11.3 Å². The van der Waals surface area contributed by atoms with Crippen LogP contribution in [0, 0.1) is 0 Å². The second kappa shape index (κ2) is 5.04. The highest BCUT2D eigenvalue weighted by atomic mass is 32.1. The van der Waals surface area contributed by atoms with Gasteiger partial charge >= 0.3 is 6.18 Å². The molecule has 0 spiro atoms. The Kier molecular flexibility index (Phi) is 3.33. The molecule has 0 saturated heterocycles. The van der Waals surface area contributed by atoms with Crippen molar-refractivity contribution in [3.63, 3.8) is 0 Å². The van der Waals surface area contributed by atoms with E-state index in [1.165, 1.54) is 6.07 Å². The minimum Gasteiger partial charge on any atom is -0.296 e. The minimum atomic E-state index is -4.51. The van der Waals surface area contributed by atoms with Gasteiger partial charge in [0, 0.05) is 5.38 Å². The van der Waals surface area contributed by atoms with Crippen molar-refractivity contribution in [3.8, 4) is 0 Å². The molecule has 0 aliphatic carbocycles. The lowest BCUT2D eigenvalue weighted by Crippen LogP contribution is -2.11. The summed E-state index contributed by atoms with van der Waals surface area (Å²) in [6, 6.07) is 2.45. The molecule has 5 nitrogen and oxygen atoms in total. The fraction of sp³-hybridized carbons (Fsp3) is 0.0909. The van der Waals surface area contributed by atoms with Gasteiger partial charge in [-0.15, -0.1) is 0 Å². The first-order valence-corrected chi connectivity index (χ1v) is 7.14. The van der Waals surface area contributed by atoms with Crippen LogP contribution in [0.4, 0.5) is 18.3 Å². The van der Waals surface area contributed by atoms with Gasteiger partial charge in [0.15, 0.2) is 5.13 Å². The predicted octanol–water partition coefficient (Wildman–Crippen LogP) is 3.42. The third-order valence-corrected chi connectivity index (χ3v) is 3.95. The number of nitrogens with zero attached hydrogens (tertiary/aromatic N) is 3. The van der Waals surface area contributed by atoms with Gasteiger partial charge in [0.25, 0.3) is 5.91 Å². The van der Waals surface area contributed by atoms with Gasteiger partial charge in [0.1, 0.15) is 16.9 Å². The molecular formula is C11H5F3N4OS2. The van der Waals surface area contributed by atoms with Crippen molar-refractivity contribution >= 4 is 44.1 Å². The Labute approximate surface area is 123 Å². The van der Waals surface area contributed by atoms with Crippen LogP contribution in [0.3, 0.4) is 0 Å². The van der Waals surface area contributed by atoms with Crippen molar-refractivity contribution in [2.24, 2.45) is 0 Å². The van der Waals surface area contributed by atoms with Crippen LogP contribution in [0.2, 0.25) is 0 Å². The number of hydrogen-bond donors (Lipinski definition) is 1. The molecule has 3 aromatic rings. The SMILES string of the molecule is O=C(Nc1nc2cnc(C(F)(F)F)cc2s1)c1ccsn1. The standard InChI is InChI=1S/C11H5F3N4OS2/c12-11(13,14)8-3-7-6(4-15-8)16-10(21-7)17-9(19)5-1-2-20-18-5/h1-4H,(H,16,17,19). The number of aromatic nitrogens is 3. The topological polar surface area (TPSA) is 67.8 Å². The zero-order chi connectivity index (χ0) is 15.0. The second-order valence-corrected chi connectivity index (χ2v) is 5.59. The van der Waals surface area contributed by atoms with E-state index < -0.39 is 17.8 Å². The van der Waals surface area contributed by atoms with Gasteiger partial charge in [-0.05, 0) is 23.7 Å². The third kappa shape index (κ3) is 2.85. The van der Waals surface area contributed by atoms with E-state index in [0.29, 0.717) is 10.2 Å². The van der Waals surface area contributed by atoms with E-state index in [1.54, 1.807) is 5.38 Å². The summed E-state index contributed by atoms with van der Waals surface area (Å²) in [6.45, 7) is 0. The van der Waals surface area contributed by atoms with Crippen LogP contribution in [0.5, 0.6) is 0 Å². The molecule has 21 heavy (non-hydrogen) atoms. The van der Waals surface area contributed by atoms with Crippen LogP contribution >= 0.6 is 22.9 Å².